The Morgan fingerprint density at radius 2 is 1.79 bits per heavy atom. The van der Waals surface area contributed by atoms with E-state index in [4.69, 9.17) is 4.42 Å². The summed E-state index contributed by atoms with van der Waals surface area (Å²) in [6.45, 7) is -0.0914. The van der Waals surface area contributed by atoms with Crippen LogP contribution in [-0.2, 0) is 21.4 Å². The monoisotopic (exact) mass is 411 g/mol. The number of benzene rings is 2. The van der Waals surface area contributed by atoms with Crippen molar-refractivity contribution in [3.8, 4) is 11.5 Å². The van der Waals surface area contributed by atoms with E-state index in [0.29, 0.717) is 11.6 Å². The topological polar surface area (TPSA) is 110 Å². The van der Waals surface area contributed by atoms with Crippen LogP contribution in [0.4, 0.5) is 0 Å². The quantitative estimate of drug-likeness (QED) is 0.666. The molecule has 29 heavy (non-hydrogen) atoms. The summed E-state index contributed by atoms with van der Waals surface area (Å²) in [7, 11) is -3.91. The first-order valence-corrected chi connectivity index (χ1v) is 10.3. The largest absolute Gasteiger partial charge is 0.444 e. The minimum atomic E-state index is -3.91. The summed E-state index contributed by atoms with van der Waals surface area (Å²) in [6, 6.07) is 15.4. The molecule has 0 aliphatic carbocycles. The van der Waals surface area contributed by atoms with Crippen LogP contribution in [0.5, 0.6) is 0 Å². The summed E-state index contributed by atoms with van der Waals surface area (Å²) in [5, 5.41) is 2.66. The average Bonchev–Trinajstić information content (AvgIpc) is 3.28. The van der Waals surface area contributed by atoms with Crippen molar-refractivity contribution < 1.29 is 22.4 Å². The Bertz CT molecular complexity index is 1170. The second-order valence-electron chi connectivity index (χ2n) is 6.42. The van der Waals surface area contributed by atoms with Gasteiger partial charge in [-0.1, -0.05) is 30.3 Å². The summed E-state index contributed by atoms with van der Waals surface area (Å²) >= 11 is 0. The van der Waals surface area contributed by atoms with Crippen LogP contribution >= 0.6 is 0 Å². The first kappa shape index (κ1) is 18.9. The predicted octanol–water partition coefficient (Wildman–Crippen LogP) is 2.19. The lowest BCUT2D eigenvalue weighted by atomic mass is 10.2. The van der Waals surface area contributed by atoms with Gasteiger partial charge in [0.2, 0.25) is 11.8 Å². The molecular weight excluding hydrogens is 394 g/mol. The zero-order valence-electron chi connectivity index (χ0n) is 15.2. The molecule has 8 nitrogen and oxygen atoms in total. The van der Waals surface area contributed by atoms with Crippen LogP contribution in [0.3, 0.4) is 0 Å². The molecule has 1 aromatic heterocycles. The van der Waals surface area contributed by atoms with Crippen molar-refractivity contribution in [3.05, 3.63) is 72.1 Å². The van der Waals surface area contributed by atoms with Crippen molar-refractivity contribution in [1.29, 1.82) is 0 Å². The minimum absolute atomic E-state index is 0.0264. The number of hydrogen-bond acceptors (Lipinski definition) is 6. The highest BCUT2D eigenvalue weighted by Crippen LogP contribution is 2.29. The van der Waals surface area contributed by atoms with Gasteiger partial charge in [-0.25, -0.2) is 17.7 Å². The van der Waals surface area contributed by atoms with Crippen LogP contribution < -0.4 is 5.32 Å². The molecule has 1 aliphatic rings. The highest BCUT2D eigenvalue weighted by molar-refractivity contribution is 7.90. The lowest BCUT2D eigenvalue weighted by Gasteiger charge is -2.14. The number of amides is 2. The van der Waals surface area contributed by atoms with Crippen molar-refractivity contribution >= 4 is 21.8 Å². The van der Waals surface area contributed by atoms with Gasteiger partial charge in [0.15, 0.2) is 0 Å². The van der Waals surface area contributed by atoms with Crippen LogP contribution in [0.15, 0.2) is 70.2 Å². The molecular formula is C20H17N3O5S. The van der Waals surface area contributed by atoms with Gasteiger partial charge in [0, 0.05) is 18.5 Å². The van der Waals surface area contributed by atoms with Crippen LogP contribution in [0.25, 0.3) is 11.5 Å². The van der Waals surface area contributed by atoms with Gasteiger partial charge in [-0.05, 0) is 24.3 Å². The van der Waals surface area contributed by atoms with Gasteiger partial charge in [0.05, 0.1) is 17.8 Å². The Morgan fingerprint density at radius 3 is 2.55 bits per heavy atom. The maximum Gasteiger partial charge on any atom is 0.269 e. The number of oxazole rings is 1. The van der Waals surface area contributed by atoms with Crippen molar-refractivity contribution in [2.75, 3.05) is 6.54 Å². The van der Waals surface area contributed by atoms with E-state index in [9.17, 15) is 18.0 Å². The van der Waals surface area contributed by atoms with Crippen molar-refractivity contribution in [2.24, 2.45) is 0 Å². The zero-order valence-corrected chi connectivity index (χ0v) is 16.1. The standard InChI is InChI=1S/C20H17N3O5S/c24-18(21-12-15-13-28-19(22-15)14-6-2-1-3-7-14)10-11-23-20(25)16-8-4-5-9-17(16)29(23,26)27/h1-9,13H,10-12H2,(H,21,24). The summed E-state index contributed by atoms with van der Waals surface area (Å²) in [5.74, 6) is -0.563. The Hall–Kier alpha value is -3.46. The molecule has 0 fully saturated rings. The molecule has 148 valence electrons. The number of hydrogen-bond donors (Lipinski definition) is 1. The lowest BCUT2D eigenvalue weighted by molar-refractivity contribution is -0.121. The number of aromatic nitrogens is 1. The Labute approximate surface area is 167 Å². The van der Waals surface area contributed by atoms with Crippen molar-refractivity contribution in [1.82, 2.24) is 14.6 Å². The summed E-state index contributed by atoms with van der Waals surface area (Å²) in [4.78, 5) is 28.8. The van der Waals surface area contributed by atoms with Crippen LogP contribution in [0.1, 0.15) is 22.5 Å². The van der Waals surface area contributed by atoms with Crippen LogP contribution in [0.2, 0.25) is 0 Å². The maximum absolute atomic E-state index is 12.5. The van der Waals surface area contributed by atoms with Gasteiger partial charge in [-0.15, -0.1) is 0 Å². The predicted molar refractivity (Wildman–Crippen MR) is 103 cm³/mol. The van der Waals surface area contributed by atoms with E-state index in [1.165, 1.54) is 18.4 Å². The zero-order chi connectivity index (χ0) is 20.4. The molecule has 0 spiro atoms. The maximum atomic E-state index is 12.5. The number of nitrogens with one attached hydrogen (secondary N) is 1. The van der Waals surface area contributed by atoms with Crippen LogP contribution in [-0.4, -0.2) is 36.1 Å². The first-order valence-electron chi connectivity index (χ1n) is 8.89. The van der Waals surface area contributed by atoms with Gasteiger partial charge in [0.25, 0.3) is 15.9 Å². The Morgan fingerprint density at radius 1 is 1.07 bits per heavy atom. The number of nitrogens with zero attached hydrogens (tertiary/aromatic N) is 2. The summed E-state index contributed by atoms with van der Waals surface area (Å²) < 4.78 is 31.1. The molecule has 0 saturated carbocycles. The molecule has 2 heterocycles. The number of rotatable bonds is 6. The smallest absolute Gasteiger partial charge is 0.269 e. The number of carbonyl (C=O) groups excluding carboxylic acids is 2. The molecule has 9 heteroatoms. The summed E-state index contributed by atoms with van der Waals surface area (Å²) in [5.41, 5.74) is 1.49. The molecule has 2 amide bonds. The molecule has 3 aromatic rings. The van der Waals surface area contributed by atoms with Crippen molar-refractivity contribution in [2.45, 2.75) is 17.9 Å². The van der Waals surface area contributed by atoms with Gasteiger partial charge in [-0.2, -0.15) is 0 Å². The molecule has 1 aliphatic heterocycles. The van der Waals surface area contributed by atoms with E-state index >= 15 is 0 Å². The van der Waals surface area contributed by atoms with Crippen molar-refractivity contribution in [3.63, 3.8) is 0 Å². The molecule has 1 N–H and O–H groups in total. The van der Waals surface area contributed by atoms with E-state index in [1.807, 2.05) is 30.3 Å². The second-order valence-corrected chi connectivity index (χ2v) is 8.25. The van der Waals surface area contributed by atoms with Gasteiger partial charge in [0.1, 0.15) is 11.2 Å². The van der Waals surface area contributed by atoms with Gasteiger partial charge < -0.3 is 9.73 Å². The summed E-state index contributed by atoms with van der Waals surface area (Å²) in [6.07, 6.45) is 1.30. The molecule has 0 bridgehead atoms. The van der Waals surface area contributed by atoms with Crippen LogP contribution in [0, 0.1) is 0 Å². The lowest BCUT2D eigenvalue weighted by Crippen LogP contribution is -2.34. The van der Waals surface area contributed by atoms with E-state index in [-0.39, 0.29) is 30.0 Å². The third kappa shape index (κ3) is 3.64. The normalized spacial score (nSPS) is 14.6. The molecule has 2 aromatic carbocycles. The number of sulfonamides is 1. The Balaban J connectivity index is 1.34. The molecule has 0 atom stereocenters. The number of fused-ring (bicyclic) bond motifs is 1. The fourth-order valence-electron chi connectivity index (χ4n) is 3.03. The SMILES string of the molecule is O=C(CCN1C(=O)c2ccccc2S1(=O)=O)NCc1coc(-c2ccccc2)n1. The van der Waals surface area contributed by atoms with E-state index in [0.717, 1.165) is 9.87 Å². The van der Waals surface area contributed by atoms with E-state index < -0.39 is 21.8 Å². The molecule has 0 unspecified atom stereocenters. The third-order valence-corrected chi connectivity index (χ3v) is 6.33. The van der Waals surface area contributed by atoms with Gasteiger partial charge >= 0.3 is 0 Å². The number of carbonyl (C=O) groups is 2. The fraction of sp³-hybridized carbons (Fsp3) is 0.150. The first-order chi connectivity index (χ1) is 14.0. The molecule has 0 saturated heterocycles. The second kappa shape index (κ2) is 7.51. The van der Waals surface area contributed by atoms with E-state index in [1.54, 1.807) is 12.1 Å². The third-order valence-electron chi connectivity index (χ3n) is 4.49. The fourth-order valence-corrected chi connectivity index (χ4v) is 4.60. The minimum Gasteiger partial charge on any atom is -0.444 e. The molecule has 4 rings (SSSR count). The van der Waals surface area contributed by atoms with Gasteiger partial charge in [-0.3, -0.25) is 9.59 Å². The highest BCUT2D eigenvalue weighted by atomic mass is 32.2. The highest BCUT2D eigenvalue weighted by Gasteiger charge is 2.40. The molecule has 0 radical (unpaired) electrons. The average molecular weight is 411 g/mol. The van der Waals surface area contributed by atoms with E-state index in [2.05, 4.69) is 10.3 Å². The Kier molecular flexibility index (Phi) is 4.89.